The summed E-state index contributed by atoms with van der Waals surface area (Å²) >= 11 is 0. The molecule has 0 bridgehead atoms. The molecule has 3 heterocycles. The van der Waals surface area contributed by atoms with Crippen LogP contribution in [0.4, 0.5) is 10.1 Å². The van der Waals surface area contributed by atoms with Crippen molar-refractivity contribution in [3.05, 3.63) is 66.4 Å². The van der Waals surface area contributed by atoms with Gasteiger partial charge in [-0.05, 0) is 75.1 Å². The number of halogens is 1. The van der Waals surface area contributed by atoms with E-state index in [1.807, 2.05) is 24.7 Å². The van der Waals surface area contributed by atoms with Crippen LogP contribution in [0.15, 0.2) is 59.9 Å². The largest absolute Gasteiger partial charge is 0.371 e. The van der Waals surface area contributed by atoms with E-state index >= 15 is 0 Å². The Labute approximate surface area is 210 Å². The highest BCUT2D eigenvalue weighted by atomic mass is 32.2. The molecule has 1 N–H and O–H groups in total. The van der Waals surface area contributed by atoms with E-state index in [2.05, 4.69) is 38.9 Å². The molecular weight excluding hydrogens is 479 g/mol. The lowest BCUT2D eigenvalue weighted by Crippen LogP contribution is -2.53. The molecule has 1 aliphatic rings. The Morgan fingerprint density at radius 1 is 1.08 bits per heavy atom. The van der Waals surface area contributed by atoms with Crippen molar-refractivity contribution in [2.24, 2.45) is 0 Å². The number of nitrogens with zero attached hydrogens (tertiary/aromatic N) is 5. The Kier molecular flexibility index (Phi) is 6.34. The van der Waals surface area contributed by atoms with Gasteiger partial charge in [0.25, 0.3) is 0 Å². The Balaban J connectivity index is 1.31. The zero-order valence-corrected chi connectivity index (χ0v) is 21.6. The first-order chi connectivity index (χ1) is 17.2. The maximum Gasteiger partial charge on any atom is 0.244 e. The number of rotatable bonds is 7. The third-order valence-electron chi connectivity index (χ3n) is 6.92. The minimum Gasteiger partial charge on any atom is -0.371 e. The molecule has 0 saturated carbocycles. The molecule has 10 heteroatoms. The minimum atomic E-state index is -3.65. The number of aryl methyl sites for hydroxylation is 2. The maximum atomic E-state index is 13.3. The topological polar surface area (TPSA) is 85.0 Å². The Morgan fingerprint density at radius 2 is 1.81 bits per heavy atom. The summed E-state index contributed by atoms with van der Waals surface area (Å²) in [6.45, 7) is 8.22. The predicted octanol–water partition coefficient (Wildman–Crippen LogP) is 4.42. The molecule has 0 unspecified atom stereocenters. The van der Waals surface area contributed by atoms with Gasteiger partial charge in [0.2, 0.25) is 10.0 Å². The van der Waals surface area contributed by atoms with Crippen molar-refractivity contribution < 1.29 is 12.8 Å². The van der Waals surface area contributed by atoms with E-state index in [1.54, 1.807) is 23.0 Å². The number of nitrogens with one attached hydrogen (secondary N) is 1. The van der Waals surface area contributed by atoms with E-state index in [0.29, 0.717) is 19.4 Å². The van der Waals surface area contributed by atoms with E-state index in [9.17, 15) is 12.8 Å². The smallest absolute Gasteiger partial charge is 0.244 e. The predicted molar refractivity (Wildman–Crippen MR) is 138 cm³/mol. The van der Waals surface area contributed by atoms with E-state index in [0.717, 1.165) is 47.4 Å². The first-order valence-electron chi connectivity index (χ1n) is 12.2. The van der Waals surface area contributed by atoms with Gasteiger partial charge in [0.15, 0.2) is 0 Å². The number of benzene rings is 2. The summed E-state index contributed by atoms with van der Waals surface area (Å²) in [7, 11) is -3.65. The van der Waals surface area contributed by atoms with Gasteiger partial charge in [-0.3, -0.25) is 4.68 Å². The van der Waals surface area contributed by atoms with Gasteiger partial charge in [-0.15, -0.1) is 0 Å². The molecule has 190 valence electrons. The second kappa shape index (κ2) is 9.33. The highest BCUT2D eigenvalue weighted by Gasteiger charge is 2.35. The van der Waals surface area contributed by atoms with Crippen LogP contribution in [0, 0.1) is 12.7 Å². The Bertz CT molecular complexity index is 1480. The van der Waals surface area contributed by atoms with Crippen LogP contribution in [0.3, 0.4) is 0 Å². The van der Waals surface area contributed by atoms with Gasteiger partial charge in [0.1, 0.15) is 10.7 Å². The maximum absolute atomic E-state index is 13.3. The molecule has 0 aliphatic carbocycles. The average molecular weight is 511 g/mol. The van der Waals surface area contributed by atoms with Crippen molar-refractivity contribution in [3.8, 4) is 5.69 Å². The lowest BCUT2D eigenvalue weighted by molar-refractivity contribution is 0.330. The van der Waals surface area contributed by atoms with E-state index in [4.69, 9.17) is 0 Å². The SMILES string of the molecule is CCCn1cc(S(=O)(=O)NC2(C)CCN(c3cc4cnn(-c5ccc(F)cc5)c4cc3C)CC2)cn1. The molecule has 0 atom stereocenters. The Hall–Kier alpha value is -3.24. The highest BCUT2D eigenvalue weighted by Crippen LogP contribution is 2.33. The van der Waals surface area contributed by atoms with Gasteiger partial charge in [0.05, 0.1) is 23.6 Å². The molecule has 0 radical (unpaired) electrons. The van der Waals surface area contributed by atoms with Crippen molar-refractivity contribution in [1.82, 2.24) is 24.3 Å². The third kappa shape index (κ3) is 4.75. The molecule has 0 amide bonds. The van der Waals surface area contributed by atoms with Gasteiger partial charge < -0.3 is 4.90 Å². The lowest BCUT2D eigenvalue weighted by Gasteiger charge is -2.41. The number of sulfonamides is 1. The van der Waals surface area contributed by atoms with Crippen LogP contribution in [-0.4, -0.2) is 46.6 Å². The number of fused-ring (bicyclic) bond motifs is 1. The number of anilines is 1. The molecule has 1 aliphatic heterocycles. The lowest BCUT2D eigenvalue weighted by atomic mass is 9.90. The average Bonchev–Trinajstić information content (AvgIpc) is 3.47. The van der Waals surface area contributed by atoms with Crippen LogP contribution in [0.1, 0.15) is 38.7 Å². The molecule has 2 aromatic heterocycles. The van der Waals surface area contributed by atoms with Crippen LogP contribution in [-0.2, 0) is 16.6 Å². The Morgan fingerprint density at radius 3 is 2.50 bits per heavy atom. The minimum absolute atomic E-state index is 0.207. The van der Waals surface area contributed by atoms with Crippen LogP contribution >= 0.6 is 0 Å². The van der Waals surface area contributed by atoms with Crippen molar-refractivity contribution in [2.75, 3.05) is 18.0 Å². The van der Waals surface area contributed by atoms with Gasteiger partial charge >= 0.3 is 0 Å². The second-order valence-electron chi connectivity index (χ2n) is 9.82. The van der Waals surface area contributed by atoms with Gasteiger partial charge in [-0.2, -0.15) is 10.2 Å². The summed E-state index contributed by atoms with van der Waals surface area (Å²) in [5.41, 5.74) is 3.46. The molecule has 36 heavy (non-hydrogen) atoms. The van der Waals surface area contributed by atoms with Crippen LogP contribution < -0.4 is 9.62 Å². The summed E-state index contributed by atoms with van der Waals surface area (Å²) in [6.07, 6.45) is 7.09. The van der Waals surface area contributed by atoms with Crippen molar-refractivity contribution in [2.45, 2.75) is 57.0 Å². The van der Waals surface area contributed by atoms with Crippen LogP contribution in [0.5, 0.6) is 0 Å². The fourth-order valence-corrected chi connectivity index (χ4v) is 6.27. The first-order valence-corrected chi connectivity index (χ1v) is 13.7. The van der Waals surface area contributed by atoms with Crippen molar-refractivity contribution >= 4 is 26.6 Å². The molecule has 4 aromatic rings. The van der Waals surface area contributed by atoms with Crippen LogP contribution in [0.2, 0.25) is 0 Å². The fraction of sp³-hybridized carbons (Fsp3) is 0.385. The summed E-state index contributed by atoms with van der Waals surface area (Å²) < 4.78 is 45.8. The summed E-state index contributed by atoms with van der Waals surface area (Å²) in [5.74, 6) is -0.278. The monoisotopic (exact) mass is 510 g/mol. The summed E-state index contributed by atoms with van der Waals surface area (Å²) in [4.78, 5) is 2.51. The van der Waals surface area contributed by atoms with E-state index in [1.165, 1.54) is 18.3 Å². The fourth-order valence-electron chi connectivity index (χ4n) is 4.86. The van der Waals surface area contributed by atoms with E-state index < -0.39 is 15.6 Å². The molecule has 1 saturated heterocycles. The molecular formula is C26H31FN6O2S. The first kappa shape index (κ1) is 24.5. The molecule has 8 nitrogen and oxygen atoms in total. The standard InChI is InChI=1S/C26H31FN6O2S/c1-4-11-32-18-23(17-28-32)36(34,35)30-26(3)9-12-31(13-10-26)24-15-20-16-29-33(25(20)14-19(24)2)22-7-5-21(27)6-8-22/h5-8,14-18,30H,4,9-13H2,1-3H3. The second-order valence-corrected chi connectivity index (χ2v) is 11.5. The quantitative estimate of drug-likeness (QED) is 0.398. The van der Waals surface area contributed by atoms with E-state index in [-0.39, 0.29) is 10.7 Å². The van der Waals surface area contributed by atoms with Gasteiger partial charge in [-0.1, -0.05) is 6.92 Å². The van der Waals surface area contributed by atoms with Crippen molar-refractivity contribution in [1.29, 1.82) is 0 Å². The highest BCUT2D eigenvalue weighted by molar-refractivity contribution is 7.89. The molecule has 1 fully saturated rings. The molecule has 2 aromatic carbocycles. The third-order valence-corrected chi connectivity index (χ3v) is 8.51. The normalized spacial score (nSPS) is 16.1. The molecule has 5 rings (SSSR count). The zero-order chi connectivity index (χ0) is 25.5. The number of hydrogen-bond acceptors (Lipinski definition) is 5. The van der Waals surface area contributed by atoms with Crippen molar-refractivity contribution in [3.63, 3.8) is 0 Å². The zero-order valence-electron chi connectivity index (χ0n) is 20.8. The van der Waals surface area contributed by atoms with Gasteiger partial charge in [-0.25, -0.2) is 22.2 Å². The van der Waals surface area contributed by atoms with Crippen LogP contribution in [0.25, 0.3) is 16.6 Å². The number of piperidine rings is 1. The summed E-state index contributed by atoms with van der Waals surface area (Å²) in [5, 5.41) is 9.68. The number of aromatic nitrogens is 4. The summed E-state index contributed by atoms with van der Waals surface area (Å²) in [6, 6.07) is 10.5. The number of hydrogen-bond donors (Lipinski definition) is 1. The molecule has 0 spiro atoms. The van der Waals surface area contributed by atoms with Gasteiger partial charge in [0, 0.05) is 42.4 Å².